The Bertz CT molecular complexity index is 2320. The lowest BCUT2D eigenvalue weighted by atomic mass is 9.75. The molecule has 17 heteroatoms. The molecule has 4 amide bonds. The minimum Gasteiger partial charge on any atom is -0.489 e. The number of benzene rings is 2. The van der Waals surface area contributed by atoms with Crippen molar-refractivity contribution in [1.82, 2.24) is 15.2 Å². The Hall–Kier alpha value is -5.86. The van der Waals surface area contributed by atoms with Crippen molar-refractivity contribution in [3.8, 4) is 11.8 Å². The van der Waals surface area contributed by atoms with E-state index in [0.29, 0.717) is 61.6 Å². The summed E-state index contributed by atoms with van der Waals surface area (Å²) in [4.78, 5) is 59.5. The molecule has 4 heterocycles. The van der Waals surface area contributed by atoms with Crippen molar-refractivity contribution in [3.05, 3.63) is 83.2 Å². The van der Waals surface area contributed by atoms with Gasteiger partial charge >= 0.3 is 6.18 Å². The quantitative estimate of drug-likeness (QED) is 0.108. The third-order valence-electron chi connectivity index (χ3n) is 11.7. The number of halogens is 3. The number of aryl methyl sites for hydroxylation is 1. The van der Waals surface area contributed by atoms with Crippen LogP contribution in [0.5, 0.6) is 5.75 Å². The monoisotopic (exact) mass is 842 g/mol. The zero-order chi connectivity index (χ0) is 43.0. The molecule has 3 N–H and O–H groups in total. The second kappa shape index (κ2) is 16.7. The van der Waals surface area contributed by atoms with Gasteiger partial charge < -0.3 is 20.3 Å². The van der Waals surface area contributed by atoms with Crippen molar-refractivity contribution in [1.29, 1.82) is 5.26 Å². The maximum absolute atomic E-state index is 14.0. The van der Waals surface area contributed by atoms with Crippen molar-refractivity contribution >= 4 is 63.7 Å². The summed E-state index contributed by atoms with van der Waals surface area (Å²) in [5, 5.41) is 17.7. The largest absolute Gasteiger partial charge is 0.489 e. The molecule has 1 unspecified atom stereocenters. The first kappa shape index (κ1) is 42.3. The molecule has 4 aliphatic rings. The maximum Gasteiger partial charge on any atom is 0.419 e. The van der Waals surface area contributed by atoms with E-state index in [2.05, 4.69) is 45.8 Å². The number of pyridine rings is 1. The summed E-state index contributed by atoms with van der Waals surface area (Å²) >= 11 is 5.79. The van der Waals surface area contributed by atoms with E-state index in [-0.39, 0.29) is 47.0 Å². The second-order valence-corrected chi connectivity index (χ2v) is 16.5. The Labute approximate surface area is 350 Å². The molecule has 1 aliphatic carbocycles. The van der Waals surface area contributed by atoms with E-state index in [1.54, 1.807) is 35.2 Å². The highest BCUT2D eigenvalue weighted by molar-refractivity contribution is 7.81. The Morgan fingerprint density at radius 2 is 1.87 bits per heavy atom. The van der Waals surface area contributed by atoms with Crippen LogP contribution < -0.4 is 30.5 Å². The summed E-state index contributed by atoms with van der Waals surface area (Å²) in [6, 6.07) is 14.4. The first-order valence-electron chi connectivity index (χ1n) is 19.9. The number of aromatic nitrogens is 1. The number of likely N-dealkylation sites (tertiary alicyclic amines) is 1. The molecule has 7 rings (SSSR count). The molecule has 3 aromatic rings. The number of ether oxygens (including phenoxy) is 1. The van der Waals surface area contributed by atoms with Crippen molar-refractivity contribution in [2.45, 2.75) is 95.4 Å². The van der Waals surface area contributed by atoms with E-state index in [4.69, 9.17) is 17.0 Å². The zero-order valence-corrected chi connectivity index (χ0v) is 34.3. The molecule has 3 aliphatic heterocycles. The van der Waals surface area contributed by atoms with Crippen LogP contribution in [0, 0.1) is 11.3 Å². The van der Waals surface area contributed by atoms with Crippen LogP contribution in [0.1, 0.15) is 82.5 Å². The highest BCUT2D eigenvalue weighted by atomic mass is 32.1. The number of thiocarbonyl (C=S) groups is 1. The first-order chi connectivity index (χ1) is 28.5. The number of anilines is 4. The Morgan fingerprint density at radius 1 is 1.10 bits per heavy atom. The normalized spacial score (nSPS) is 20.8. The minimum atomic E-state index is -4.85. The summed E-state index contributed by atoms with van der Waals surface area (Å²) in [5.74, 6) is -0.587. The number of amides is 4. The van der Waals surface area contributed by atoms with E-state index in [9.17, 15) is 37.6 Å². The fourth-order valence-electron chi connectivity index (χ4n) is 8.36. The summed E-state index contributed by atoms with van der Waals surface area (Å²) in [5.41, 5.74) is 0.448. The number of nitrogens with one attached hydrogen (secondary N) is 3. The smallest absolute Gasteiger partial charge is 0.419 e. The van der Waals surface area contributed by atoms with E-state index >= 15 is 0 Å². The van der Waals surface area contributed by atoms with Crippen molar-refractivity contribution in [3.63, 3.8) is 0 Å². The number of rotatable bonds is 11. The fourth-order valence-corrected chi connectivity index (χ4v) is 8.83. The molecule has 0 bridgehead atoms. The molecule has 0 radical (unpaired) electrons. The summed E-state index contributed by atoms with van der Waals surface area (Å²) in [7, 11) is 0. The minimum absolute atomic E-state index is 0.0414. The number of carbonyl (C=O) groups excluding carboxylic acids is 4. The highest BCUT2D eigenvalue weighted by Gasteiger charge is 2.60. The third-order valence-corrected chi connectivity index (χ3v) is 12.1. The molecule has 60 heavy (non-hydrogen) atoms. The van der Waals surface area contributed by atoms with E-state index in [0.717, 1.165) is 42.0 Å². The number of carbonyl (C=O) groups is 4. The molecule has 1 atom stereocenters. The van der Waals surface area contributed by atoms with Gasteiger partial charge in [-0.2, -0.15) is 18.4 Å². The Balaban J connectivity index is 0.967. The number of imide groups is 1. The van der Waals surface area contributed by atoms with Gasteiger partial charge in [0.25, 0.3) is 5.91 Å². The van der Waals surface area contributed by atoms with Gasteiger partial charge in [-0.15, -0.1) is 0 Å². The topological polar surface area (TPSA) is 160 Å². The van der Waals surface area contributed by atoms with E-state index in [1.165, 1.54) is 11.6 Å². The van der Waals surface area contributed by atoms with Gasteiger partial charge in [0.1, 0.15) is 30.0 Å². The van der Waals surface area contributed by atoms with Crippen LogP contribution in [0.3, 0.4) is 0 Å². The lowest BCUT2D eigenvalue weighted by Crippen LogP contribution is -2.55. The average Bonchev–Trinajstić information content (AvgIpc) is 3.42. The molecule has 13 nitrogen and oxygen atoms in total. The van der Waals surface area contributed by atoms with Crippen LogP contribution in [0.2, 0.25) is 0 Å². The van der Waals surface area contributed by atoms with Crippen LogP contribution in [0.15, 0.2) is 66.4 Å². The van der Waals surface area contributed by atoms with Crippen LogP contribution in [0.25, 0.3) is 0 Å². The number of piperidine rings is 2. The lowest BCUT2D eigenvalue weighted by Gasteiger charge is -2.43. The van der Waals surface area contributed by atoms with Gasteiger partial charge in [0, 0.05) is 35.6 Å². The van der Waals surface area contributed by atoms with Crippen LogP contribution in [-0.4, -0.2) is 75.4 Å². The molecule has 2 aromatic carbocycles. The maximum atomic E-state index is 14.0. The fraction of sp³-hybridized carbons (Fsp3) is 0.419. The predicted molar refractivity (Wildman–Crippen MR) is 222 cm³/mol. The van der Waals surface area contributed by atoms with Crippen LogP contribution >= 0.6 is 12.2 Å². The standard InChI is InChI=1S/C43H45F3N8O5S/c1-4-27-19-30(54-40(60)53(39(58)42(54)15-6-16-42)31-21-32(43(44,45)46)34(23-47)48-24-31)9-11-35(27)59-18-14-26-13-17-52(41(2,3)22-26)25-37(56)50-29-8-5-7-28(20-29)49-33-10-12-36(55)51-38(33)57/h5,7-9,11,14,19-21,24,33,49H,4,6,10,12-13,15-18,22,25H2,1-3H3,(H,50,56)(H,51,55,57)/b26-14+. The molecule has 3 saturated heterocycles. The molecule has 1 spiro atoms. The molecular formula is C43H45F3N8O5S. The molecule has 1 saturated carbocycles. The number of hydrogen-bond donors (Lipinski definition) is 3. The number of hydrogen-bond acceptors (Lipinski definition) is 10. The second-order valence-electron chi connectivity index (χ2n) is 16.1. The summed E-state index contributed by atoms with van der Waals surface area (Å²) < 4.78 is 47.7. The van der Waals surface area contributed by atoms with Gasteiger partial charge in [0.2, 0.25) is 17.7 Å². The van der Waals surface area contributed by atoms with Crippen LogP contribution in [-0.2, 0) is 31.8 Å². The van der Waals surface area contributed by atoms with Crippen molar-refractivity contribution in [2.24, 2.45) is 0 Å². The highest BCUT2D eigenvalue weighted by Crippen LogP contribution is 2.49. The molecule has 314 valence electrons. The number of alkyl halides is 3. The van der Waals surface area contributed by atoms with E-state index in [1.807, 2.05) is 19.1 Å². The van der Waals surface area contributed by atoms with Gasteiger partial charge in [-0.3, -0.25) is 34.3 Å². The van der Waals surface area contributed by atoms with Crippen molar-refractivity contribution in [2.75, 3.05) is 40.1 Å². The van der Waals surface area contributed by atoms with Gasteiger partial charge in [-0.05, 0) is 125 Å². The molecule has 1 aromatic heterocycles. The van der Waals surface area contributed by atoms with Gasteiger partial charge in [-0.25, -0.2) is 4.98 Å². The summed E-state index contributed by atoms with van der Waals surface area (Å²) in [6.07, 6.45) is 2.74. The van der Waals surface area contributed by atoms with E-state index < -0.39 is 34.9 Å². The first-order valence-corrected chi connectivity index (χ1v) is 20.3. The molecule has 4 fully saturated rings. The van der Waals surface area contributed by atoms with Crippen molar-refractivity contribution < 1.29 is 37.1 Å². The van der Waals surface area contributed by atoms with Crippen LogP contribution in [0.4, 0.5) is 35.9 Å². The van der Waals surface area contributed by atoms with Gasteiger partial charge in [-0.1, -0.05) is 18.6 Å². The predicted octanol–water partition coefficient (Wildman–Crippen LogP) is 6.63. The average molecular weight is 843 g/mol. The third kappa shape index (κ3) is 8.44. The Morgan fingerprint density at radius 3 is 2.53 bits per heavy atom. The number of nitriles is 1. The van der Waals surface area contributed by atoms with Gasteiger partial charge in [0.05, 0.1) is 24.0 Å². The SMILES string of the molecule is CCc1cc(N2C(=S)N(c3cnc(C#N)c(C(F)(F)F)c3)C(=O)C23CCC3)ccc1OC/C=C1\CCN(CC(=O)Nc2cccc(NC3CCC(=O)NC3=O)c2)C(C)(C)C1. The lowest BCUT2D eigenvalue weighted by molar-refractivity contribution is -0.138. The molecular weight excluding hydrogens is 798 g/mol. The Kier molecular flexibility index (Phi) is 11.7. The summed E-state index contributed by atoms with van der Waals surface area (Å²) in [6.45, 7) is 7.35. The van der Waals surface area contributed by atoms with Gasteiger partial charge in [0.15, 0.2) is 10.8 Å². The number of nitrogens with zero attached hydrogens (tertiary/aromatic N) is 5. The zero-order valence-electron chi connectivity index (χ0n) is 33.4.